The minimum atomic E-state index is -3.98. The van der Waals surface area contributed by atoms with E-state index in [4.69, 9.17) is 16.3 Å². The molecule has 0 fully saturated rings. The van der Waals surface area contributed by atoms with Crippen LogP contribution in [-0.2, 0) is 10.0 Å². The maximum atomic E-state index is 12.9. The molecule has 0 aliphatic rings. The lowest BCUT2D eigenvalue weighted by atomic mass is 10.1. The first kappa shape index (κ1) is 23.6. The number of anilines is 1. The highest BCUT2D eigenvalue weighted by Crippen LogP contribution is 2.26. The number of hydrogen-bond donors (Lipinski definition) is 2. The third-order valence-electron chi connectivity index (χ3n) is 4.72. The van der Waals surface area contributed by atoms with Crippen LogP contribution in [0.1, 0.15) is 27.0 Å². The van der Waals surface area contributed by atoms with E-state index in [9.17, 15) is 13.2 Å². The molecule has 3 aromatic carbocycles. The molecule has 0 radical (unpaired) electrons. The van der Waals surface area contributed by atoms with Crippen LogP contribution in [0.2, 0.25) is 5.02 Å². The van der Waals surface area contributed by atoms with Gasteiger partial charge in [0.05, 0.1) is 17.3 Å². The molecule has 0 spiro atoms. The van der Waals surface area contributed by atoms with Crippen molar-refractivity contribution in [1.82, 2.24) is 5.32 Å². The fraction of sp³-hybridized carbons (Fsp3) is 0.208. The Morgan fingerprint density at radius 3 is 2.34 bits per heavy atom. The zero-order valence-electron chi connectivity index (χ0n) is 18.1. The van der Waals surface area contributed by atoms with Crippen molar-refractivity contribution in [3.8, 4) is 5.75 Å². The molecule has 0 unspecified atom stereocenters. The number of rotatable bonds is 8. The topological polar surface area (TPSA) is 84.5 Å². The second kappa shape index (κ2) is 10.1. The summed E-state index contributed by atoms with van der Waals surface area (Å²) in [5.41, 5.74) is 3.59. The molecule has 0 atom stereocenters. The highest BCUT2D eigenvalue weighted by molar-refractivity contribution is 7.92. The van der Waals surface area contributed by atoms with Crippen molar-refractivity contribution in [2.45, 2.75) is 25.7 Å². The number of hydrogen-bond acceptors (Lipinski definition) is 4. The van der Waals surface area contributed by atoms with Crippen molar-refractivity contribution in [2.75, 3.05) is 17.9 Å². The van der Waals surface area contributed by atoms with Crippen LogP contribution in [-0.4, -0.2) is 27.5 Å². The van der Waals surface area contributed by atoms with Gasteiger partial charge in [-0.1, -0.05) is 35.9 Å². The Morgan fingerprint density at radius 2 is 1.66 bits per heavy atom. The first-order valence-corrected chi connectivity index (χ1v) is 11.9. The largest absolute Gasteiger partial charge is 0.492 e. The van der Waals surface area contributed by atoms with Gasteiger partial charge in [-0.05, 0) is 73.9 Å². The van der Waals surface area contributed by atoms with Gasteiger partial charge in [0.25, 0.3) is 15.9 Å². The molecule has 0 aliphatic heterocycles. The van der Waals surface area contributed by atoms with Crippen molar-refractivity contribution in [2.24, 2.45) is 0 Å². The summed E-state index contributed by atoms with van der Waals surface area (Å²) in [5.74, 6) is 0.317. The van der Waals surface area contributed by atoms with Gasteiger partial charge in [0.2, 0.25) is 0 Å². The van der Waals surface area contributed by atoms with E-state index < -0.39 is 15.9 Å². The number of carbonyl (C=O) groups excluding carboxylic acids is 1. The molecule has 1 amide bonds. The molecule has 0 saturated heterocycles. The van der Waals surface area contributed by atoms with Crippen LogP contribution in [0.5, 0.6) is 5.75 Å². The first-order valence-electron chi connectivity index (χ1n) is 10.0. The van der Waals surface area contributed by atoms with E-state index in [1.165, 1.54) is 18.2 Å². The van der Waals surface area contributed by atoms with E-state index in [0.717, 1.165) is 22.4 Å². The maximum Gasteiger partial charge on any atom is 0.263 e. The number of aryl methyl sites for hydroxylation is 3. The minimum absolute atomic E-state index is 0.0285. The van der Waals surface area contributed by atoms with Crippen molar-refractivity contribution < 1.29 is 17.9 Å². The van der Waals surface area contributed by atoms with E-state index in [1.807, 2.05) is 32.0 Å². The highest BCUT2D eigenvalue weighted by Gasteiger charge is 2.21. The lowest BCUT2D eigenvalue weighted by Crippen LogP contribution is -2.28. The van der Waals surface area contributed by atoms with Crippen LogP contribution >= 0.6 is 11.6 Å². The molecule has 0 saturated carbocycles. The second-order valence-electron chi connectivity index (χ2n) is 7.49. The molecule has 6 nitrogen and oxygen atoms in total. The van der Waals surface area contributed by atoms with E-state index in [0.29, 0.717) is 5.69 Å². The number of benzene rings is 3. The van der Waals surface area contributed by atoms with Crippen molar-refractivity contribution in [1.29, 1.82) is 0 Å². The summed E-state index contributed by atoms with van der Waals surface area (Å²) in [7, 11) is -3.98. The van der Waals surface area contributed by atoms with Crippen LogP contribution < -0.4 is 14.8 Å². The summed E-state index contributed by atoms with van der Waals surface area (Å²) < 4.78 is 34.0. The Balaban J connectivity index is 1.66. The second-order valence-corrected chi connectivity index (χ2v) is 9.55. The number of amides is 1. The lowest BCUT2D eigenvalue weighted by molar-refractivity contribution is 0.0946. The molecular formula is C24H25ClN2O4S. The van der Waals surface area contributed by atoms with Gasteiger partial charge in [0.15, 0.2) is 0 Å². The molecule has 0 bridgehead atoms. The monoisotopic (exact) mass is 472 g/mol. The zero-order chi connectivity index (χ0) is 23.3. The van der Waals surface area contributed by atoms with Crippen LogP contribution in [0.25, 0.3) is 0 Å². The zero-order valence-corrected chi connectivity index (χ0v) is 19.7. The number of nitrogens with one attached hydrogen (secondary N) is 2. The van der Waals surface area contributed by atoms with Gasteiger partial charge < -0.3 is 10.1 Å². The van der Waals surface area contributed by atoms with Gasteiger partial charge in [-0.15, -0.1) is 0 Å². The summed E-state index contributed by atoms with van der Waals surface area (Å²) in [4.78, 5) is 12.4. The van der Waals surface area contributed by atoms with E-state index in [-0.39, 0.29) is 28.6 Å². The summed E-state index contributed by atoms with van der Waals surface area (Å²) in [5, 5.41) is 2.76. The highest BCUT2D eigenvalue weighted by atomic mass is 35.5. The fourth-order valence-corrected chi connectivity index (χ4v) is 4.85. The Labute approximate surface area is 193 Å². The molecular weight excluding hydrogens is 448 g/mol. The predicted molar refractivity (Wildman–Crippen MR) is 127 cm³/mol. The predicted octanol–water partition coefficient (Wildman–Crippen LogP) is 4.87. The van der Waals surface area contributed by atoms with Gasteiger partial charge in [0.1, 0.15) is 17.3 Å². The Morgan fingerprint density at radius 1 is 0.969 bits per heavy atom. The maximum absolute atomic E-state index is 12.9. The summed E-state index contributed by atoms with van der Waals surface area (Å²) in [6, 6.07) is 17.0. The standard InChI is InChI=1S/C24H25ClN2O4S/c1-16-12-17(2)14-20(13-16)31-11-10-26-24(28)19-8-9-21(25)23(15-19)32(29,30)27-22-7-5-4-6-18(22)3/h4-9,12-15,27H,10-11H2,1-3H3,(H,26,28). The molecule has 0 aliphatic carbocycles. The van der Waals surface area contributed by atoms with Gasteiger partial charge in [0, 0.05) is 5.56 Å². The van der Waals surface area contributed by atoms with Gasteiger partial charge in [-0.2, -0.15) is 0 Å². The number of sulfonamides is 1. The Kier molecular flexibility index (Phi) is 7.43. The number of para-hydroxylation sites is 1. The Bertz CT molecular complexity index is 1220. The quantitative estimate of drug-likeness (QED) is 0.458. The van der Waals surface area contributed by atoms with E-state index in [1.54, 1.807) is 25.1 Å². The fourth-order valence-electron chi connectivity index (χ4n) is 3.19. The van der Waals surface area contributed by atoms with Gasteiger partial charge in [-0.25, -0.2) is 8.42 Å². The molecule has 3 rings (SSSR count). The normalized spacial score (nSPS) is 11.1. The van der Waals surface area contributed by atoms with Crippen LogP contribution in [0.3, 0.4) is 0 Å². The summed E-state index contributed by atoms with van der Waals surface area (Å²) >= 11 is 6.14. The third kappa shape index (κ3) is 6.02. The molecule has 8 heteroatoms. The van der Waals surface area contributed by atoms with Crippen LogP contribution in [0.15, 0.2) is 65.6 Å². The summed E-state index contributed by atoms with van der Waals surface area (Å²) in [6.45, 7) is 6.31. The average Bonchev–Trinajstić information content (AvgIpc) is 2.72. The van der Waals surface area contributed by atoms with Crippen molar-refractivity contribution >= 4 is 33.2 Å². The smallest absolute Gasteiger partial charge is 0.263 e. The number of halogens is 1. The minimum Gasteiger partial charge on any atom is -0.492 e. The van der Waals surface area contributed by atoms with Gasteiger partial charge in [-0.3, -0.25) is 9.52 Å². The molecule has 0 heterocycles. The SMILES string of the molecule is Cc1cc(C)cc(OCCNC(=O)c2ccc(Cl)c(S(=O)(=O)Nc3ccccc3C)c2)c1. The van der Waals surface area contributed by atoms with E-state index in [2.05, 4.69) is 16.1 Å². The van der Waals surface area contributed by atoms with Crippen LogP contribution in [0.4, 0.5) is 5.69 Å². The van der Waals surface area contributed by atoms with Crippen molar-refractivity contribution in [3.63, 3.8) is 0 Å². The summed E-state index contributed by atoms with van der Waals surface area (Å²) in [6.07, 6.45) is 0. The van der Waals surface area contributed by atoms with Crippen molar-refractivity contribution in [3.05, 3.63) is 87.9 Å². The number of ether oxygens (including phenoxy) is 1. The third-order valence-corrected chi connectivity index (χ3v) is 6.57. The average molecular weight is 473 g/mol. The lowest BCUT2D eigenvalue weighted by Gasteiger charge is -2.13. The van der Waals surface area contributed by atoms with E-state index >= 15 is 0 Å². The molecule has 0 aromatic heterocycles. The van der Waals surface area contributed by atoms with Gasteiger partial charge >= 0.3 is 0 Å². The molecule has 3 aromatic rings. The molecule has 2 N–H and O–H groups in total. The Hall–Kier alpha value is -3.03. The first-order chi connectivity index (χ1) is 15.2. The molecule has 168 valence electrons. The molecule has 32 heavy (non-hydrogen) atoms. The number of carbonyl (C=O) groups is 1. The van der Waals surface area contributed by atoms with Crippen LogP contribution in [0, 0.1) is 20.8 Å².